The second-order valence-corrected chi connectivity index (χ2v) is 3.97. The zero-order chi connectivity index (χ0) is 14.1. The number of halogens is 4. The Balaban J connectivity index is 3.28. The van der Waals surface area contributed by atoms with Gasteiger partial charge in [0.15, 0.2) is 0 Å². The Morgan fingerprint density at radius 3 is 2.39 bits per heavy atom. The smallest absolute Gasteiger partial charge is 0.416 e. The second kappa shape index (κ2) is 5.13. The molecule has 2 atom stereocenters. The number of aliphatic hydroxyl groups is 1. The zero-order valence-electron chi connectivity index (χ0n) is 8.78. The van der Waals surface area contributed by atoms with E-state index in [-0.39, 0.29) is 5.02 Å². The lowest BCUT2D eigenvalue weighted by atomic mass is 9.97. The van der Waals surface area contributed by atoms with Crippen LogP contribution < -0.4 is 5.73 Å². The normalized spacial score (nSPS) is 15.2. The number of aliphatic carboxylic acids is 1. The molecule has 0 radical (unpaired) electrons. The molecule has 4 nitrogen and oxygen atoms in total. The van der Waals surface area contributed by atoms with Crippen LogP contribution in [0.5, 0.6) is 0 Å². The van der Waals surface area contributed by atoms with Crippen LogP contribution in [0, 0.1) is 0 Å². The number of carboxylic acid groups (broad SMARTS) is 1. The van der Waals surface area contributed by atoms with Crippen molar-refractivity contribution in [2.75, 3.05) is 0 Å². The molecule has 0 bridgehead atoms. The quantitative estimate of drug-likeness (QED) is 0.790. The van der Waals surface area contributed by atoms with E-state index in [0.717, 1.165) is 12.1 Å². The fourth-order valence-corrected chi connectivity index (χ4v) is 1.53. The Morgan fingerprint density at radius 1 is 1.39 bits per heavy atom. The molecule has 1 aromatic rings. The molecule has 0 aliphatic heterocycles. The average Bonchev–Trinajstić information content (AvgIpc) is 2.25. The maximum absolute atomic E-state index is 12.7. The number of alkyl halides is 3. The van der Waals surface area contributed by atoms with Gasteiger partial charge < -0.3 is 15.9 Å². The van der Waals surface area contributed by atoms with E-state index < -0.39 is 35.4 Å². The lowest BCUT2D eigenvalue weighted by Crippen LogP contribution is -2.37. The van der Waals surface area contributed by atoms with Crippen LogP contribution in [0.1, 0.15) is 17.2 Å². The van der Waals surface area contributed by atoms with Gasteiger partial charge in [-0.1, -0.05) is 17.7 Å². The summed E-state index contributed by atoms with van der Waals surface area (Å²) in [6.07, 6.45) is -6.74. The molecule has 1 rings (SSSR count). The number of carbonyl (C=O) groups is 1. The van der Waals surface area contributed by atoms with E-state index in [1.165, 1.54) is 0 Å². The fourth-order valence-electron chi connectivity index (χ4n) is 1.36. The van der Waals surface area contributed by atoms with Crippen molar-refractivity contribution in [1.82, 2.24) is 0 Å². The second-order valence-electron chi connectivity index (χ2n) is 3.54. The Labute approximate surface area is 105 Å². The highest BCUT2D eigenvalue weighted by Gasteiger charge is 2.37. The van der Waals surface area contributed by atoms with E-state index >= 15 is 0 Å². The number of aliphatic hydroxyl groups excluding tert-OH is 1. The van der Waals surface area contributed by atoms with E-state index in [2.05, 4.69) is 0 Å². The number of nitrogens with two attached hydrogens (primary N) is 1. The molecule has 100 valence electrons. The van der Waals surface area contributed by atoms with E-state index in [0.29, 0.717) is 6.07 Å². The number of carboxylic acids is 1. The van der Waals surface area contributed by atoms with Crippen LogP contribution >= 0.6 is 11.6 Å². The molecule has 0 saturated carbocycles. The molecule has 8 heteroatoms. The molecule has 1 aromatic carbocycles. The lowest BCUT2D eigenvalue weighted by molar-refractivity contribution is -0.144. The highest BCUT2D eigenvalue weighted by molar-refractivity contribution is 6.30. The standard InChI is InChI=1S/C10H9ClF3NO3/c11-4-1-2-5(6(3-4)10(12,13)14)8(16)7(15)9(17)18/h1-3,7-8,16H,15H2,(H,17,18). The summed E-state index contributed by atoms with van der Waals surface area (Å²) in [6, 6.07) is 0.768. The third-order valence-electron chi connectivity index (χ3n) is 2.26. The van der Waals surface area contributed by atoms with Gasteiger partial charge in [0.1, 0.15) is 12.1 Å². The number of rotatable bonds is 3. The zero-order valence-corrected chi connectivity index (χ0v) is 9.53. The van der Waals surface area contributed by atoms with Gasteiger partial charge in [0.05, 0.1) is 5.56 Å². The van der Waals surface area contributed by atoms with Gasteiger partial charge in [-0.2, -0.15) is 13.2 Å². The predicted molar refractivity (Wildman–Crippen MR) is 57.0 cm³/mol. The maximum atomic E-state index is 12.7. The van der Waals surface area contributed by atoms with Crippen LogP contribution in [-0.2, 0) is 11.0 Å². The summed E-state index contributed by atoms with van der Waals surface area (Å²) in [5.41, 5.74) is 3.26. The molecule has 0 aliphatic carbocycles. The number of hydrogen-bond acceptors (Lipinski definition) is 3. The molecule has 0 amide bonds. The van der Waals surface area contributed by atoms with Gasteiger partial charge in [0, 0.05) is 5.02 Å². The van der Waals surface area contributed by atoms with Crippen LogP contribution in [0.15, 0.2) is 18.2 Å². The van der Waals surface area contributed by atoms with Crippen molar-refractivity contribution < 1.29 is 28.2 Å². The summed E-state index contributed by atoms with van der Waals surface area (Å²) >= 11 is 5.44. The highest BCUT2D eigenvalue weighted by Crippen LogP contribution is 2.36. The Morgan fingerprint density at radius 2 is 1.94 bits per heavy atom. The number of hydrogen-bond donors (Lipinski definition) is 3. The van der Waals surface area contributed by atoms with Crippen molar-refractivity contribution in [3.8, 4) is 0 Å². The molecule has 0 aromatic heterocycles. The summed E-state index contributed by atoms with van der Waals surface area (Å²) in [5.74, 6) is -1.61. The summed E-state index contributed by atoms with van der Waals surface area (Å²) in [5, 5.41) is 17.9. The molecule has 0 saturated heterocycles. The van der Waals surface area contributed by atoms with Gasteiger partial charge >= 0.3 is 12.1 Å². The first-order valence-corrected chi connectivity index (χ1v) is 5.05. The van der Waals surface area contributed by atoms with Gasteiger partial charge in [0.2, 0.25) is 0 Å². The van der Waals surface area contributed by atoms with Crippen molar-refractivity contribution in [2.45, 2.75) is 18.3 Å². The SMILES string of the molecule is NC(C(=O)O)C(O)c1ccc(Cl)cc1C(F)(F)F. The minimum atomic E-state index is -4.76. The van der Waals surface area contributed by atoms with Crippen LogP contribution in [-0.4, -0.2) is 22.2 Å². The van der Waals surface area contributed by atoms with E-state index in [1.807, 2.05) is 0 Å². The van der Waals surface area contributed by atoms with Crippen LogP contribution in [0.3, 0.4) is 0 Å². The molecule has 0 spiro atoms. The Hall–Kier alpha value is -1.31. The molecule has 4 N–H and O–H groups in total. The van der Waals surface area contributed by atoms with Gasteiger partial charge in [-0.3, -0.25) is 4.79 Å². The largest absolute Gasteiger partial charge is 0.480 e. The predicted octanol–water partition coefficient (Wildman–Crippen LogP) is 1.80. The van der Waals surface area contributed by atoms with Crippen LogP contribution in [0.2, 0.25) is 5.02 Å². The molecule has 18 heavy (non-hydrogen) atoms. The fraction of sp³-hybridized carbons (Fsp3) is 0.300. The van der Waals surface area contributed by atoms with E-state index in [9.17, 15) is 23.1 Å². The maximum Gasteiger partial charge on any atom is 0.416 e. The van der Waals surface area contributed by atoms with Crippen molar-refractivity contribution >= 4 is 17.6 Å². The average molecular weight is 284 g/mol. The monoisotopic (exact) mass is 283 g/mol. The number of benzene rings is 1. The van der Waals surface area contributed by atoms with Crippen molar-refractivity contribution in [3.05, 3.63) is 34.3 Å². The summed E-state index contributed by atoms with van der Waals surface area (Å²) < 4.78 is 38.1. The first-order valence-electron chi connectivity index (χ1n) is 4.67. The minimum absolute atomic E-state index is 0.179. The molecule has 0 aliphatic rings. The molecule has 0 heterocycles. The van der Waals surface area contributed by atoms with Crippen molar-refractivity contribution in [2.24, 2.45) is 5.73 Å². The first kappa shape index (κ1) is 14.7. The highest BCUT2D eigenvalue weighted by atomic mass is 35.5. The topological polar surface area (TPSA) is 83.6 Å². The molecule has 2 unspecified atom stereocenters. The summed E-state index contributed by atoms with van der Waals surface area (Å²) in [7, 11) is 0. The molecule has 0 fully saturated rings. The van der Waals surface area contributed by atoms with Gasteiger partial charge in [-0.05, 0) is 17.7 Å². The summed E-state index contributed by atoms with van der Waals surface area (Å²) in [6.45, 7) is 0. The van der Waals surface area contributed by atoms with E-state index in [1.54, 1.807) is 0 Å². The first-order chi connectivity index (χ1) is 8.14. The minimum Gasteiger partial charge on any atom is -0.480 e. The Kier molecular flexibility index (Phi) is 4.20. The third-order valence-corrected chi connectivity index (χ3v) is 2.50. The third kappa shape index (κ3) is 3.12. The van der Waals surface area contributed by atoms with Crippen molar-refractivity contribution in [3.63, 3.8) is 0 Å². The lowest BCUT2D eigenvalue weighted by Gasteiger charge is -2.20. The van der Waals surface area contributed by atoms with Crippen LogP contribution in [0.25, 0.3) is 0 Å². The van der Waals surface area contributed by atoms with Gasteiger partial charge in [0.25, 0.3) is 0 Å². The molecular weight excluding hydrogens is 275 g/mol. The van der Waals surface area contributed by atoms with Gasteiger partial charge in [-0.25, -0.2) is 0 Å². The van der Waals surface area contributed by atoms with Gasteiger partial charge in [-0.15, -0.1) is 0 Å². The van der Waals surface area contributed by atoms with Crippen molar-refractivity contribution in [1.29, 1.82) is 0 Å². The van der Waals surface area contributed by atoms with Crippen LogP contribution in [0.4, 0.5) is 13.2 Å². The Bertz CT molecular complexity index is 464. The van der Waals surface area contributed by atoms with E-state index in [4.69, 9.17) is 22.4 Å². The molecular formula is C10H9ClF3NO3. The summed E-state index contributed by atoms with van der Waals surface area (Å²) in [4.78, 5) is 10.5.